The van der Waals surface area contributed by atoms with Gasteiger partial charge in [-0.25, -0.2) is 4.68 Å². The van der Waals surface area contributed by atoms with Gasteiger partial charge in [0.15, 0.2) is 5.69 Å². The Labute approximate surface area is 95.4 Å². The van der Waals surface area contributed by atoms with Gasteiger partial charge in [0, 0.05) is 0 Å². The van der Waals surface area contributed by atoms with E-state index in [9.17, 15) is 4.79 Å². The van der Waals surface area contributed by atoms with Crippen LogP contribution in [0.25, 0.3) is 5.69 Å². The second-order valence-corrected chi connectivity index (χ2v) is 3.52. The summed E-state index contributed by atoms with van der Waals surface area (Å²) < 4.78 is 1.40. The first-order valence-corrected chi connectivity index (χ1v) is 4.81. The van der Waals surface area contributed by atoms with Gasteiger partial charge in [-0.05, 0) is 23.7 Å². The summed E-state index contributed by atoms with van der Waals surface area (Å²) in [4.78, 5) is 10.8. The highest BCUT2D eigenvalue weighted by molar-refractivity contribution is 6.67. The molecule has 0 spiro atoms. The van der Waals surface area contributed by atoms with Crippen LogP contribution in [0.4, 0.5) is 0 Å². The summed E-state index contributed by atoms with van der Waals surface area (Å²) >= 11 is 11.2. The average molecular weight is 242 g/mol. The highest BCUT2D eigenvalue weighted by atomic mass is 35.5. The van der Waals surface area contributed by atoms with E-state index in [0.29, 0.717) is 10.7 Å². The minimum Gasteiger partial charge on any atom is -0.274 e. The van der Waals surface area contributed by atoms with Gasteiger partial charge in [-0.3, -0.25) is 4.79 Å². The number of nitrogens with zero attached hydrogens (tertiary/aromatic N) is 3. The molecule has 1 aromatic carbocycles. The third kappa shape index (κ3) is 2.00. The second-order valence-electron chi connectivity index (χ2n) is 2.77. The van der Waals surface area contributed by atoms with Gasteiger partial charge in [-0.1, -0.05) is 28.9 Å². The maximum atomic E-state index is 10.8. The number of para-hydroxylation sites is 1. The van der Waals surface area contributed by atoms with Crippen LogP contribution in [0.5, 0.6) is 0 Å². The minimum absolute atomic E-state index is 0.0941. The summed E-state index contributed by atoms with van der Waals surface area (Å²) in [5.41, 5.74) is 0.743. The zero-order valence-electron chi connectivity index (χ0n) is 7.39. The molecule has 0 saturated carbocycles. The molecule has 0 aliphatic carbocycles. The molecular formula is C9H5Cl2N3O. The van der Waals surface area contributed by atoms with Crippen LogP contribution in [-0.4, -0.2) is 20.2 Å². The third-order valence-electron chi connectivity index (χ3n) is 1.79. The van der Waals surface area contributed by atoms with Crippen LogP contribution < -0.4 is 0 Å². The first kappa shape index (κ1) is 10.1. The molecule has 1 heterocycles. The molecule has 4 nitrogen and oxygen atoms in total. The molecule has 0 amide bonds. The first-order valence-electron chi connectivity index (χ1n) is 4.05. The zero-order chi connectivity index (χ0) is 10.8. The molecule has 6 heteroatoms. The number of benzene rings is 1. The molecule has 1 aromatic heterocycles. The van der Waals surface area contributed by atoms with Crippen LogP contribution in [0.1, 0.15) is 10.5 Å². The van der Waals surface area contributed by atoms with Crippen molar-refractivity contribution in [2.24, 2.45) is 0 Å². The van der Waals surface area contributed by atoms with Crippen molar-refractivity contribution in [3.63, 3.8) is 0 Å². The Morgan fingerprint density at radius 2 is 2.07 bits per heavy atom. The lowest BCUT2D eigenvalue weighted by Gasteiger charge is -2.00. The van der Waals surface area contributed by atoms with E-state index in [4.69, 9.17) is 23.2 Å². The largest absolute Gasteiger partial charge is 0.274 e. The van der Waals surface area contributed by atoms with E-state index >= 15 is 0 Å². The van der Waals surface area contributed by atoms with Gasteiger partial charge in [-0.15, -0.1) is 5.10 Å². The molecule has 0 aliphatic rings. The molecule has 0 fully saturated rings. The molecule has 15 heavy (non-hydrogen) atoms. The highest BCUT2D eigenvalue weighted by Gasteiger charge is 2.09. The smallest absolute Gasteiger partial charge is 0.274 e. The van der Waals surface area contributed by atoms with E-state index in [1.54, 1.807) is 18.2 Å². The van der Waals surface area contributed by atoms with Crippen LogP contribution >= 0.6 is 23.2 Å². The van der Waals surface area contributed by atoms with E-state index in [2.05, 4.69) is 10.3 Å². The van der Waals surface area contributed by atoms with Crippen LogP contribution in [0.15, 0.2) is 30.5 Å². The van der Waals surface area contributed by atoms with E-state index in [0.717, 1.165) is 0 Å². The quantitative estimate of drug-likeness (QED) is 0.759. The SMILES string of the molecule is O=C(Cl)c1cn(-c2ccccc2Cl)nn1. The van der Waals surface area contributed by atoms with Crippen molar-refractivity contribution in [1.82, 2.24) is 15.0 Å². The Bertz CT molecular complexity index is 510. The predicted molar refractivity (Wildman–Crippen MR) is 56.6 cm³/mol. The number of rotatable bonds is 2. The third-order valence-corrected chi connectivity index (χ3v) is 2.31. The van der Waals surface area contributed by atoms with Crippen LogP contribution in [0, 0.1) is 0 Å². The fourth-order valence-corrected chi connectivity index (χ4v) is 1.42. The maximum Gasteiger partial charge on any atom is 0.274 e. The molecule has 0 saturated heterocycles. The van der Waals surface area contributed by atoms with Crippen molar-refractivity contribution in [2.45, 2.75) is 0 Å². The molecule has 0 unspecified atom stereocenters. The van der Waals surface area contributed by atoms with Crippen LogP contribution in [-0.2, 0) is 0 Å². The van der Waals surface area contributed by atoms with Gasteiger partial charge >= 0.3 is 0 Å². The summed E-state index contributed by atoms with van der Waals surface area (Å²) in [6.45, 7) is 0. The van der Waals surface area contributed by atoms with Crippen LogP contribution in [0.3, 0.4) is 0 Å². The van der Waals surface area contributed by atoms with E-state index in [1.165, 1.54) is 10.9 Å². The van der Waals surface area contributed by atoms with Gasteiger partial charge < -0.3 is 0 Å². The number of carbonyl (C=O) groups excluding carboxylic acids is 1. The van der Waals surface area contributed by atoms with Gasteiger partial charge in [0.25, 0.3) is 5.24 Å². The Hall–Kier alpha value is -1.39. The molecule has 2 aromatic rings. The molecule has 2 rings (SSSR count). The summed E-state index contributed by atoms with van der Waals surface area (Å²) in [6.07, 6.45) is 1.43. The van der Waals surface area contributed by atoms with Crippen molar-refractivity contribution >= 4 is 28.4 Å². The van der Waals surface area contributed by atoms with Crippen LogP contribution in [0.2, 0.25) is 5.02 Å². The molecule has 0 bridgehead atoms. The number of halogens is 2. The fourth-order valence-electron chi connectivity index (χ4n) is 1.11. The number of carbonyl (C=O) groups is 1. The lowest BCUT2D eigenvalue weighted by molar-refractivity contribution is 0.107. The van der Waals surface area contributed by atoms with Gasteiger partial charge in [0.2, 0.25) is 0 Å². The standard InChI is InChI=1S/C9H5Cl2N3O/c10-6-3-1-2-4-8(6)14-5-7(9(11)15)12-13-14/h1-5H. The fraction of sp³-hybridized carbons (Fsp3) is 0. The van der Waals surface area contributed by atoms with Crippen molar-refractivity contribution in [1.29, 1.82) is 0 Å². The molecule has 0 aliphatic heterocycles. The van der Waals surface area contributed by atoms with Gasteiger partial charge in [-0.2, -0.15) is 0 Å². The maximum absolute atomic E-state index is 10.8. The lowest BCUT2D eigenvalue weighted by atomic mass is 10.3. The minimum atomic E-state index is -0.645. The number of aromatic nitrogens is 3. The van der Waals surface area contributed by atoms with Crippen molar-refractivity contribution in [3.05, 3.63) is 41.2 Å². The monoisotopic (exact) mass is 241 g/mol. The summed E-state index contributed by atoms with van der Waals surface area (Å²) in [5.74, 6) is 0. The Balaban J connectivity index is 2.46. The molecule has 0 N–H and O–H groups in total. The molecule has 0 atom stereocenters. The molecule has 0 radical (unpaired) electrons. The van der Waals surface area contributed by atoms with E-state index in [1.807, 2.05) is 6.07 Å². The highest BCUT2D eigenvalue weighted by Crippen LogP contribution is 2.18. The van der Waals surface area contributed by atoms with E-state index < -0.39 is 5.24 Å². The van der Waals surface area contributed by atoms with Crippen molar-refractivity contribution < 1.29 is 4.79 Å². The van der Waals surface area contributed by atoms with E-state index in [-0.39, 0.29) is 5.69 Å². The van der Waals surface area contributed by atoms with Gasteiger partial charge in [0.1, 0.15) is 0 Å². The summed E-state index contributed by atoms with van der Waals surface area (Å²) in [7, 11) is 0. The molecular weight excluding hydrogens is 237 g/mol. The second kappa shape index (κ2) is 4.00. The van der Waals surface area contributed by atoms with Crippen molar-refractivity contribution in [3.8, 4) is 5.69 Å². The summed E-state index contributed by atoms with van der Waals surface area (Å²) in [5, 5.41) is 7.23. The summed E-state index contributed by atoms with van der Waals surface area (Å²) in [6, 6.07) is 7.10. The average Bonchev–Trinajstić information content (AvgIpc) is 2.67. The molecule has 76 valence electrons. The van der Waals surface area contributed by atoms with Crippen molar-refractivity contribution in [2.75, 3.05) is 0 Å². The Kier molecular flexibility index (Phi) is 2.70. The first-order chi connectivity index (χ1) is 7.18. The number of hydrogen-bond donors (Lipinski definition) is 0. The lowest BCUT2D eigenvalue weighted by Crippen LogP contribution is -1.95. The topological polar surface area (TPSA) is 47.8 Å². The Morgan fingerprint density at radius 3 is 2.67 bits per heavy atom. The van der Waals surface area contributed by atoms with Gasteiger partial charge in [0.05, 0.1) is 16.9 Å². The predicted octanol–water partition coefficient (Wildman–Crippen LogP) is 2.30. The number of hydrogen-bond acceptors (Lipinski definition) is 3. The Morgan fingerprint density at radius 1 is 1.33 bits per heavy atom. The normalized spacial score (nSPS) is 10.3. The zero-order valence-corrected chi connectivity index (χ0v) is 8.90.